The number of fused-ring (bicyclic) bond motifs is 3. The number of rotatable bonds is 6. The lowest BCUT2D eigenvalue weighted by atomic mass is 9.90. The molecule has 0 heterocycles. The summed E-state index contributed by atoms with van der Waals surface area (Å²) in [6, 6.07) is 16.0. The Kier molecular flexibility index (Phi) is 6.36. The summed E-state index contributed by atoms with van der Waals surface area (Å²) in [5, 5.41) is 12.2. The van der Waals surface area contributed by atoms with Gasteiger partial charge in [-0.05, 0) is 41.0 Å². The van der Waals surface area contributed by atoms with Gasteiger partial charge in [0.05, 0.1) is 6.42 Å². The van der Waals surface area contributed by atoms with Gasteiger partial charge in [0, 0.05) is 12.0 Å². The van der Waals surface area contributed by atoms with Gasteiger partial charge in [0.1, 0.15) is 6.61 Å². The lowest BCUT2D eigenvalue weighted by Crippen LogP contribution is -2.42. The van der Waals surface area contributed by atoms with Gasteiger partial charge < -0.3 is 15.2 Å². The molecule has 158 valence electrons. The number of benzene rings is 2. The molecule has 2 aromatic rings. The smallest absolute Gasteiger partial charge is 0.407 e. The van der Waals surface area contributed by atoms with Crippen LogP contribution in [0.15, 0.2) is 48.5 Å². The molecule has 0 unspecified atom stereocenters. The fourth-order valence-electron chi connectivity index (χ4n) is 5.03. The van der Waals surface area contributed by atoms with Crippen LogP contribution in [0.25, 0.3) is 11.1 Å². The van der Waals surface area contributed by atoms with E-state index < -0.39 is 12.1 Å². The molecule has 0 saturated heterocycles. The van der Waals surface area contributed by atoms with Gasteiger partial charge in [0.2, 0.25) is 0 Å². The molecule has 1 amide bonds. The van der Waals surface area contributed by atoms with Crippen LogP contribution >= 0.6 is 0 Å². The van der Waals surface area contributed by atoms with E-state index in [2.05, 4.69) is 29.6 Å². The number of carbonyl (C=O) groups excluding carboxylic acids is 1. The van der Waals surface area contributed by atoms with Gasteiger partial charge in [-0.15, -0.1) is 0 Å². The summed E-state index contributed by atoms with van der Waals surface area (Å²) in [5.74, 6) is -0.689. The van der Waals surface area contributed by atoms with Gasteiger partial charge in [-0.3, -0.25) is 4.79 Å². The third-order valence-electron chi connectivity index (χ3n) is 6.51. The fourth-order valence-corrected chi connectivity index (χ4v) is 5.03. The zero-order valence-electron chi connectivity index (χ0n) is 17.2. The Balaban J connectivity index is 1.43. The number of amides is 1. The van der Waals surface area contributed by atoms with E-state index in [4.69, 9.17) is 4.74 Å². The molecule has 5 heteroatoms. The number of hydrogen-bond donors (Lipinski definition) is 2. The highest BCUT2D eigenvalue weighted by molar-refractivity contribution is 5.79. The molecule has 1 atom stereocenters. The molecule has 30 heavy (non-hydrogen) atoms. The van der Waals surface area contributed by atoms with Crippen molar-refractivity contribution in [3.8, 4) is 11.1 Å². The maximum atomic E-state index is 12.6. The zero-order valence-corrected chi connectivity index (χ0v) is 17.2. The fraction of sp³-hybridized carbons (Fsp3) is 0.440. The first kappa shape index (κ1) is 20.5. The molecule has 2 N–H and O–H groups in total. The van der Waals surface area contributed by atoms with E-state index in [0.29, 0.717) is 0 Å². The predicted octanol–water partition coefficient (Wildman–Crippen LogP) is 5.34. The molecule has 2 aliphatic rings. The standard InChI is InChI=1S/C25H29NO4/c27-24(28)15-23(17-9-3-1-2-4-10-17)26-25(29)30-16-22-20-13-7-5-11-18(20)19-12-6-8-14-21(19)22/h5-8,11-14,17,22-23H,1-4,9-10,15-16H2,(H,26,29)(H,27,28)/t23-/m1/s1. The van der Waals surface area contributed by atoms with E-state index in [1.807, 2.05) is 24.3 Å². The predicted molar refractivity (Wildman–Crippen MR) is 115 cm³/mol. The Morgan fingerprint density at radius 2 is 1.50 bits per heavy atom. The summed E-state index contributed by atoms with van der Waals surface area (Å²) in [4.78, 5) is 24.0. The highest BCUT2D eigenvalue weighted by atomic mass is 16.5. The van der Waals surface area contributed by atoms with Crippen molar-refractivity contribution in [2.45, 2.75) is 56.9 Å². The summed E-state index contributed by atoms with van der Waals surface area (Å²) < 4.78 is 5.63. The molecule has 0 aliphatic heterocycles. The van der Waals surface area contributed by atoms with E-state index in [0.717, 1.165) is 36.8 Å². The van der Waals surface area contributed by atoms with E-state index >= 15 is 0 Å². The van der Waals surface area contributed by atoms with Gasteiger partial charge in [-0.1, -0.05) is 74.2 Å². The Hall–Kier alpha value is -2.82. The maximum Gasteiger partial charge on any atom is 0.407 e. The lowest BCUT2D eigenvalue weighted by Gasteiger charge is -2.26. The first-order valence-corrected chi connectivity index (χ1v) is 11.0. The number of alkyl carbamates (subject to hydrolysis) is 1. The Labute approximate surface area is 177 Å². The van der Waals surface area contributed by atoms with E-state index in [1.54, 1.807) is 0 Å². The summed E-state index contributed by atoms with van der Waals surface area (Å²) in [6.07, 6.45) is 5.88. The van der Waals surface area contributed by atoms with Crippen LogP contribution < -0.4 is 5.32 Å². The molecule has 4 rings (SSSR count). The van der Waals surface area contributed by atoms with Crippen molar-refractivity contribution in [2.24, 2.45) is 5.92 Å². The Bertz CT molecular complexity index is 856. The van der Waals surface area contributed by atoms with Crippen LogP contribution in [0.4, 0.5) is 4.79 Å². The second-order valence-electron chi connectivity index (χ2n) is 8.43. The van der Waals surface area contributed by atoms with Crippen LogP contribution in [-0.4, -0.2) is 29.8 Å². The summed E-state index contributed by atoms with van der Waals surface area (Å²) >= 11 is 0. The van der Waals surface area contributed by atoms with Gasteiger partial charge in [0.15, 0.2) is 0 Å². The summed E-state index contributed by atoms with van der Waals surface area (Å²) in [6.45, 7) is 0.240. The van der Waals surface area contributed by atoms with Crippen molar-refractivity contribution in [1.82, 2.24) is 5.32 Å². The SMILES string of the molecule is O=C(O)C[C@@H](NC(=O)OCC1c2ccccc2-c2ccccc21)C1CCCCCC1. The van der Waals surface area contributed by atoms with Crippen molar-refractivity contribution in [2.75, 3.05) is 6.61 Å². The molecule has 1 fully saturated rings. The van der Waals surface area contributed by atoms with Crippen LogP contribution in [0.2, 0.25) is 0 Å². The largest absolute Gasteiger partial charge is 0.481 e. The van der Waals surface area contributed by atoms with Gasteiger partial charge in [-0.2, -0.15) is 0 Å². The average Bonchev–Trinajstić information content (AvgIpc) is 2.88. The molecule has 0 aromatic heterocycles. The molecule has 1 saturated carbocycles. The van der Waals surface area contributed by atoms with E-state index in [1.165, 1.54) is 24.0 Å². The van der Waals surface area contributed by atoms with Gasteiger partial charge in [0.25, 0.3) is 0 Å². The Morgan fingerprint density at radius 3 is 2.07 bits per heavy atom. The van der Waals surface area contributed by atoms with Crippen LogP contribution in [0.1, 0.15) is 62.0 Å². The first-order chi connectivity index (χ1) is 14.6. The van der Waals surface area contributed by atoms with Crippen LogP contribution in [0, 0.1) is 5.92 Å². The number of carboxylic acid groups (broad SMARTS) is 1. The summed E-state index contributed by atoms with van der Waals surface area (Å²) in [5.41, 5.74) is 4.70. The minimum Gasteiger partial charge on any atom is -0.481 e. The monoisotopic (exact) mass is 407 g/mol. The van der Waals surface area contributed by atoms with Gasteiger partial charge in [-0.25, -0.2) is 4.79 Å². The second kappa shape index (κ2) is 9.33. The number of ether oxygens (including phenoxy) is 1. The highest BCUT2D eigenvalue weighted by Gasteiger charge is 2.30. The van der Waals surface area contributed by atoms with Crippen molar-refractivity contribution >= 4 is 12.1 Å². The minimum absolute atomic E-state index is 0.000968. The van der Waals surface area contributed by atoms with Crippen molar-refractivity contribution in [1.29, 1.82) is 0 Å². The topological polar surface area (TPSA) is 75.6 Å². The van der Waals surface area contributed by atoms with Crippen molar-refractivity contribution < 1.29 is 19.4 Å². The molecule has 5 nitrogen and oxygen atoms in total. The van der Waals surface area contributed by atoms with Gasteiger partial charge >= 0.3 is 12.1 Å². The number of carbonyl (C=O) groups is 2. The third kappa shape index (κ3) is 4.50. The molecule has 0 spiro atoms. The highest BCUT2D eigenvalue weighted by Crippen LogP contribution is 2.44. The quantitative estimate of drug-likeness (QED) is 0.634. The lowest BCUT2D eigenvalue weighted by molar-refractivity contribution is -0.137. The molecule has 2 aromatic carbocycles. The van der Waals surface area contributed by atoms with Crippen molar-refractivity contribution in [3.63, 3.8) is 0 Å². The molecule has 0 bridgehead atoms. The number of nitrogens with one attached hydrogen (secondary N) is 1. The molecular formula is C25H29NO4. The Morgan fingerprint density at radius 1 is 0.933 bits per heavy atom. The van der Waals surface area contributed by atoms with Crippen LogP contribution in [-0.2, 0) is 9.53 Å². The third-order valence-corrected chi connectivity index (χ3v) is 6.51. The second-order valence-corrected chi connectivity index (χ2v) is 8.43. The normalized spacial score (nSPS) is 17.5. The molecule has 2 aliphatic carbocycles. The first-order valence-electron chi connectivity index (χ1n) is 11.0. The zero-order chi connectivity index (χ0) is 20.9. The number of carboxylic acids is 1. The maximum absolute atomic E-state index is 12.6. The number of hydrogen-bond acceptors (Lipinski definition) is 3. The van der Waals surface area contributed by atoms with E-state index in [-0.39, 0.29) is 30.9 Å². The van der Waals surface area contributed by atoms with Crippen LogP contribution in [0.3, 0.4) is 0 Å². The summed E-state index contributed by atoms with van der Waals surface area (Å²) in [7, 11) is 0. The average molecular weight is 408 g/mol. The van der Waals surface area contributed by atoms with Crippen molar-refractivity contribution in [3.05, 3.63) is 59.7 Å². The van der Waals surface area contributed by atoms with E-state index in [9.17, 15) is 14.7 Å². The molecular weight excluding hydrogens is 378 g/mol. The van der Waals surface area contributed by atoms with Crippen LogP contribution in [0.5, 0.6) is 0 Å². The molecule has 0 radical (unpaired) electrons. The minimum atomic E-state index is -0.886. The number of aliphatic carboxylic acids is 1.